The second-order valence-corrected chi connectivity index (χ2v) is 4.60. The number of rotatable bonds is 1. The molecule has 1 amide bonds. The Morgan fingerprint density at radius 3 is 3.31 bits per heavy atom. The first-order valence-corrected chi connectivity index (χ1v) is 6.11. The van der Waals surface area contributed by atoms with Gasteiger partial charge >= 0.3 is 0 Å². The maximum Gasteiger partial charge on any atom is 0.255 e. The lowest BCUT2D eigenvalue weighted by Gasteiger charge is -2.25. The van der Waals surface area contributed by atoms with Crippen LogP contribution in [-0.4, -0.2) is 27.3 Å². The van der Waals surface area contributed by atoms with Crippen molar-refractivity contribution in [2.24, 2.45) is 0 Å². The van der Waals surface area contributed by atoms with E-state index in [1.165, 1.54) is 0 Å². The fourth-order valence-corrected chi connectivity index (χ4v) is 2.58. The molecule has 0 aromatic carbocycles. The molecule has 82 valence electrons. The zero-order valence-corrected chi connectivity index (χ0v) is 9.46. The van der Waals surface area contributed by atoms with E-state index in [9.17, 15) is 4.79 Å². The number of imidazole rings is 1. The van der Waals surface area contributed by atoms with Crippen LogP contribution in [0.25, 0.3) is 0 Å². The van der Waals surface area contributed by atoms with Crippen LogP contribution in [0, 0.1) is 0 Å². The highest BCUT2D eigenvalue weighted by Gasteiger charge is 2.23. The van der Waals surface area contributed by atoms with Crippen molar-refractivity contribution in [1.29, 1.82) is 0 Å². The molecule has 0 radical (unpaired) electrons. The third kappa shape index (κ3) is 1.53. The van der Waals surface area contributed by atoms with Crippen LogP contribution in [0.4, 0.5) is 0 Å². The van der Waals surface area contributed by atoms with Crippen molar-refractivity contribution < 1.29 is 4.79 Å². The molecule has 0 saturated carbocycles. The van der Waals surface area contributed by atoms with Gasteiger partial charge in [0.25, 0.3) is 5.91 Å². The molecular formula is C11H11N3OS. The van der Waals surface area contributed by atoms with Gasteiger partial charge in [-0.25, -0.2) is 4.98 Å². The Bertz CT molecular complexity index is 503. The van der Waals surface area contributed by atoms with Crippen molar-refractivity contribution in [1.82, 2.24) is 14.9 Å². The van der Waals surface area contributed by atoms with Crippen molar-refractivity contribution in [3.63, 3.8) is 0 Å². The molecule has 3 heterocycles. The van der Waals surface area contributed by atoms with Gasteiger partial charge in [0.15, 0.2) is 0 Å². The highest BCUT2D eigenvalue weighted by molar-refractivity contribution is 7.08. The summed E-state index contributed by atoms with van der Waals surface area (Å²) >= 11 is 1.55. The molecule has 0 bridgehead atoms. The van der Waals surface area contributed by atoms with Gasteiger partial charge in [0.1, 0.15) is 0 Å². The highest BCUT2D eigenvalue weighted by Crippen LogP contribution is 2.18. The lowest BCUT2D eigenvalue weighted by atomic mass is 10.1. The van der Waals surface area contributed by atoms with Crippen LogP contribution in [0.15, 0.2) is 23.2 Å². The van der Waals surface area contributed by atoms with E-state index in [0.717, 1.165) is 29.9 Å². The number of nitrogens with one attached hydrogen (secondary N) is 1. The van der Waals surface area contributed by atoms with Gasteiger partial charge in [-0.15, -0.1) is 0 Å². The number of H-pyrrole nitrogens is 1. The van der Waals surface area contributed by atoms with E-state index in [4.69, 9.17) is 0 Å². The number of hydrogen-bond donors (Lipinski definition) is 1. The topological polar surface area (TPSA) is 49.0 Å². The number of carbonyl (C=O) groups is 1. The molecule has 16 heavy (non-hydrogen) atoms. The minimum Gasteiger partial charge on any atom is -0.347 e. The van der Waals surface area contributed by atoms with E-state index in [0.29, 0.717) is 6.54 Å². The molecule has 0 spiro atoms. The third-order valence-electron chi connectivity index (χ3n) is 2.83. The minimum atomic E-state index is 0.113. The Labute approximate surface area is 96.9 Å². The van der Waals surface area contributed by atoms with Crippen LogP contribution in [-0.2, 0) is 13.0 Å². The van der Waals surface area contributed by atoms with Crippen molar-refractivity contribution in [3.8, 4) is 0 Å². The molecule has 4 nitrogen and oxygen atoms in total. The van der Waals surface area contributed by atoms with Gasteiger partial charge in [-0.3, -0.25) is 4.79 Å². The summed E-state index contributed by atoms with van der Waals surface area (Å²) in [5, 5.41) is 3.82. The molecule has 0 aliphatic carbocycles. The lowest BCUT2D eigenvalue weighted by Crippen LogP contribution is -2.35. The van der Waals surface area contributed by atoms with E-state index < -0.39 is 0 Å². The zero-order chi connectivity index (χ0) is 11.0. The standard InChI is InChI=1S/C11H11N3OS/c15-11(8-2-4-16-6-8)14-3-1-9-10(5-14)13-7-12-9/h2,4,6-7H,1,3,5H2,(H,12,13). The van der Waals surface area contributed by atoms with E-state index in [2.05, 4.69) is 9.97 Å². The molecule has 1 aliphatic rings. The fourth-order valence-electron chi connectivity index (χ4n) is 1.95. The second-order valence-electron chi connectivity index (χ2n) is 3.82. The number of carbonyl (C=O) groups excluding carboxylic acids is 1. The summed E-state index contributed by atoms with van der Waals surface area (Å²) in [6, 6.07) is 1.87. The number of amides is 1. The van der Waals surface area contributed by atoms with Gasteiger partial charge in [0.05, 0.1) is 29.8 Å². The summed E-state index contributed by atoms with van der Waals surface area (Å²) in [4.78, 5) is 21.3. The number of aromatic amines is 1. The van der Waals surface area contributed by atoms with Gasteiger partial charge in [0, 0.05) is 18.3 Å². The van der Waals surface area contributed by atoms with Gasteiger partial charge in [0.2, 0.25) is 0 Å². The Hall–Kier alpha value is -1.62. The number of thiophene rings is 1. The predicted octanol–water partition coefficient (Wildman–Crippen LogP) is 1.67. The van der Waals surface area contributed by atoms with Crippen LogP contribution in [0.5, 0.6) is 0 Å². The number of nitrogens with zero attached hydrogens (tertiary/aromatic N) is 2. The Morgan fingerprint density at radius 1 is 1.56 bits per heavy atom. The number of fused-ring (bicyclic) bond motifs is 1. The summed E-state index contributed by atoms with van der Waals surface area (Å²) in [7, 11) is 0. The summed E-state index contributed by atoms with van der Waals surface area (Å²) in [5.41, 5.74) is 2.94. The summed E-state index contributed by atoms with van der Waals surface area (Å²) < 4.78 is 0. The molecule has 3 rings (SSSR count). The molecule has 2 aromatic rings. The second kappa shape index (κ2) is 3.75. The van der Waals surface area contributed by atoms with Crippen molar-refractivity contribution >= 4 is 17.2 Å². The molecule has 1 N–H and O–H groups in total. The Kier molecular flexibility index (Phi) is 2.25. The number of aromatic nitrogens is 2. The smallest absolute Gasteiger partial charge is 0.255 e. The maximum absolute atomic E-state index is 12.1. The van der Waals surface area contributed by atoms with Gasteiger partial charge < -0.3 is 9.88 Å². The SMILES string of the molecule is O=C(c1ccsc1)N1CCc2nc[nH]c2C1. The van der Waals surface area contributed by atoms with Crippen LogP contribution >= 0.6 is 11.3 Å². The van der Waals surface area contributed by atoms with E-state index in [1.54, 1.807) is 17.7 Å². The Morgan fingerprint density at radius 2 is 2.50 bits per heavy atom. The Balaban J connectivity index is 1.81. The van der Waals surface area contributed by atoms with Crippen LogP contribution in [0.3, 0.4) is 0 Å². The molecule has 0 unspecified atom stereocenters. The van der Waals surface area contributed by atoms with E-state index in [-0.39, 0.29) is 5.91 Å². The largest absolute Gasteiger partial charge is 0.347 e. The molecule has 0 saturated heterocycles. The van der Waals surface area contributed by atoms with E-state index in [1.807, 2.05) is 21.7 Å². The summed E-state index contributed by atoms with van der Waals surface area (Å²) in [6.45, 7) is 1.40. The first-order chi connectivity index (χ1) is 7.84. The van der Waals surface area contributed by atoms with Crippen molar-refractivity contribution in [3.05, 3.63) is 40.1 Å². The monoisotopic (exact) mass is 233 g/mol. The molecule has 0 fully saturated rings. The molecule has 0 atom stereocenters. The van der Waals surface area contributed by atoms with Crippen LogP contribution in [0.2, 0.25) is 0 Å². The van der Waals surface area contributed by atoms with Crippen molar-refractivity contribution in [2.45, 2.75) is 13.0 Å². The van der Waals surface area contributed by atoms with Crippen molar-refractivity contribution in [2.75, 3.05) is 6.54 Å². The molecule has 5 heteroatoms. The maximum atomic E-state index is 12.1. The zero-order valence-electron chi connectivity index (χ0n) is 8.64. The fraction of sp³-hybridized carbons (Fsp3) is 0.273. The first-order valence-electron chi connectivity index (χ1n) is 5.17. The highest BCUT2D eigenvalue weighted by atomic mass is 32.1. The van der Waals surface area contributed by atoms with Gasteiger partial charge in [-0.2, -0.15) is 11.3 Å². The molecular weight excluding hydrogens is 222 g/mol. The molecule has 2 aromatic heterocycles. The average Bonchev–Trinajstić information content (AvgIpc) is 2.98. The van der Waals surface area contributed by atoms with Crippen LogP contribution in [0.1, 0.15) is 21.7 Å². The predicted molar refractivity (Wildman–Crippen MR) is 61.4 cm³/mol. The third-order valence-corrected chi connectivity index (χ3v) is 3.51. The number of hydrogen-bond acceptors (Lipinski definition) is 3. The first kappa shape index (κ1) is 9.59. The normalized spacial score (nSPS) is 14.9. The quantitative estimate of drug-likeness (QED) is 0.814. The van der Waals surface area contributed by atoms with Crippen LogP contribution < -0.4 is 0 Å². The molecule has 1 aliphatic heterocycles. The minimum absolute atomic E-state index is 0.113. The van der Waals surface area contributed by atoms with E-state index >= 15 is 0 Å². The van der Waals surface area contributed by atoms with Gasteiger partial charge in [-0.05, 0) is 11.4 Å². The van der Waals surface area contributed by atoms with Gasteiger partial charge in [-0.1, -0.05) is 0 Å². The summed E-state index contributed by atoms with van der Waals surface area (Å²) in [5.74, 6) is 0.113. The lowest BCUT2D eigenvalue weighted by molar-refractivity contribution is 0.0732. The average molecular weight is 233 g/mol. The summed E-state index contributed by atoms with van der Waals surface area (Å²) in [6.07, 6.45) is 2.54.